The van der Waals surface area contributed by atoms with Crippen LogP contribution in [0, 0.1) is 0 Å². The van der Waals surface area contributed by atoms with Crippen molar-refractivity contribution in [3.8, 4) is 0 Å². The van der Waals surface area contributed by atoms with Crippen LogP contribution in [-0.2, 0) is 9.53 Å². The number of hydrogen-bond donors (Lipinski definition) is 1. The maximum Gasteiger partial charge on any atom is 0.322 e. The lowest BCUT2D eigenvalue weighted by atomic mass is 10.2. The molecule has 0 unspecified atom stereocenters. The number of hydrogen-bond acceptors (Lipinski definition) is 3. The molecular formula is C8H17NO2. The molecule has 0 fully saturated rings. The predicted octanol–water partition coefficient (Wildman–Crippen LogP) is 1.07. The first-order valence-electron chi connectivity index (χ1n) is 4.07. The molecule has 2 N–H and O–H groups in total. The van der Waals surface area contributed by atoms with Gasteiger partial charge in [-0.2, -0.15) is 0 Å². The van der Waals surface area contributed by atoms with Crippen LogP contribution in [0.15, 0.2) is 0 Å². The lowest BCUT2D eigenvalue weighted by Crippen LogP contribution is -2.31. The Morgan fingerprint density at radius 1 is 1.45 bits per heavy atom. The van der Waals surface area contributed by atoms with Gasteiger partial charge in [-0.05, 0) is 19.8 Å². The van der Waals surface area contributed by atoms with E-state index in [2.05, 4.69) is 0 Å². The zero-order valence-electron chi connectivity index (χ0n) is 7.46. The molecule has 0 saturated carbocycles. The van der Waals surface area contributed by atoms with Gasteiger partial charge in [-0.25, -0.2) is 0 Å². The number of carbonyl (C=O) groups is 1. The van der Waals surface area contributed by atoms with E-state index < -0.39 is 6.04 Å². The minimum atomic E-state index is -0.504. The monoisotopic (exact) mass is 159 g/mol. The highest BCUT2D eigenvalue weighted by Crippen LogP contribution is 2.03. The van der Waals surface area contributed by atoms with Gasteiger partial charge in [0.2, 0.25) is 0 Å². The van der Waals surface area contributed by atoms with E-state index in [4.69, 9.17) is 10.5 Å². The zero-order valence-corrected chi connectivity index (χ0v) is 7.46. The van der Waals surface area contributed by atoms with Crippen LogP contribution in [-0.4, -0.2) is 18.1 Å². The van der Waals surface area contributed by atoms with Gasteiger partial charge in [0.15, 0.2) is 0 Å². The lowest BCUT2D eigenvalue weighted by Gasteiger charge is -2.15. The summed E-state index contributed by atoms with van der Waals surface area (Å²) in [5.74, 6) is -0.307. The van der Waals surface area contributed by atoms with E-state index >= 15 is 0 Å². The molecule has 0 aliphatic carbocycles. The SMILES string of the molecule is CCC(CC)OC(=O)[C@@H](C)N. The first kappa shape index (κ1) is 10.4. The van der Waals surface area contributed by atoms with Crippen LogP contribution < -0.4 is 5.73 Å². The quantitative estimate of drug-likeness (QED) is 0.624. The third-order valence-electron chi connectivity index (χ3n) is 1.57. The Kier molecular flexibility index (Phi) is 4.86. The Labute approximate surface area is 67.9 Å². The number of nitrogens with two attached hydrogens (primary N) is 1. The molecule has 0 spiro atoms. The standard InChI is InChI=1S/C8H17NO2/c1-4-7(5-2)11-8(10)6(3)9/h6-7H,4-5,9H2,1-3H3/t6-/m1/s1. The molecule has 0 saturated heterocycles. The topological polar surface area (TPSA) is 52.3 Å². The molecule has 0 aromatic carbocycles. The third kappa shape index (κ3) is 3.98. The summed E-state index contributed by atoms with van der Waals surface area (Å²) in [6.45, 7) is 5.61. The van der Waals surface area contributed by atoms with Gasteiger partial charge in [0.05, 0.1) is 0 Å². The van der Waals surface area contributed by atoms with Crippen molar-refractivity contribution in [1.29, 1.82) is 0 Å². The third-order valence-corrected chi connectivity index (χ3v) is 1.57. The van der Waals surface area contributed by atoms with E-state index in [9.17, 15) is 4.79 Å². The Morgan fingerprint density at radius 2 is 1.91 bits per heavy atom. The van der Waals surface area contributed by atoms with Gasteiger partial charge in [-0.15, -0.1) is 0 Å². The van der Waals surface area contributed by atoms with Crippen molar-refractivity contribution in [3.63, 3.8) is 0 Å². The highest BCUT2D eigenvalue weighted by atomic mass is 16.5. The van der Waals surface area contributed by atoms with Crippen molar-refractivity contribution in [3.05, 3.63) is 0 Å². The van der Waals surface area contributed by atoms with E-state index in [-0.39, 0.29) is 12.1 Å². The molecule has 3 nitrogen and oxygen atoms in total. The van der Waals surface area contributed by atoms with Gasteiger partial charge in [0.25, 0.3) is 0 Å². The Morgan fingerprint density at radius 3 is 2.18 bits per heavy atom. The molecule has 11 heavy (non-hydrogen) atoms. The van der Waals surface area contributed by atoms with Crippen LogP contribution in [0.4, 0.5) is 0 Å². The molecule has 1 atom stereocenters. The molecule has 0 radical (unpaired) electrons. The summed E-state index contributed by atoms with van der Waals surface area (Å²) in [6.07, 6.45) is 1.75. The van der Waals surface area contributed by atoms with E-state index in [1.54, 1.807) is 6.92 Å². The Bertz CT molecular complexity index is 119. The molecule has 0 bridgehead atoms. The lowest BCUT2D eigenvalue weighted by molar-refractivity contribution is -0.150. The summed E-state index contributed by atoms with van der Waals surface area (Å²) in [7, 11) is 0. The second-order valence-electron chi connectivity index (χ2n) is 2.66. The molecule has 3 heteroatoms. The minimum Gasteiger partial charge on any atom is -0.461 e. The summed E-state index contributed by atoms with van der Waals surface area (Å²) in [6, 6.07) is -0.504. The molecule has 0 aliphatic rings. The summed E-state index contributed by atoms with van der Waals surface area (Å²) in [5, 5.41) is 0. The summed E-state index contributed by atoms with van der Waals surface area (Å²) in [5.41, 5.74) is 5.32. The van der Waals surface area contributed by atoms with E-state index in [1.165, 1.54) is 0 Å². The molecule has 0 amide bonds. The van der Waals surface area contributed by atoms with E-state index in [0.717, 1.165) is 12.8 Å². The highest BCUT2D eigenvalue weighted by Gasteiger charge is 2.13. The number of esters is 1. The molecule has 0 aromatic heterocycles. The molecule has 0 aromatic rings. The van der Waals surface area contributed by atoms with Gasteiger partial charge in [0, 0.05) is 0 Å². The summed E-state index contributed by atoms with van der Waals surface area (Å²) >= 11 is 0. The van der Waals surface area contributed by atoms with Crippen molar-refractivity contribution in [2.45, 2.75) is 45.8 Å². The van der Waals surface area contributed by atoms with E-state index in [0.29, 0.717) is 0 Å². The van der Waals surface area contributed by atoms with Crippen molar-refractivity contribution >= 4 is 5.97 Å². The Balaban J connectivity index is 3.72. The van der Waals surface area contributed by atoms with Crippen LogP contribution >= 0.6 is 0 Å². The number of carbonyl (C=O) groups excluding carboxylic acids is 1. The van der Waals surface area contributed by atoms with Gasteiger partial charge in [-0.1, -0.05) is 13.8 Å². The minimum absolute atomic E-state index is 0.0356. The molecule has 0 heterocycles. The first-order valence-corrected chi connectivity index (χ1v) is 4.07. The zero-order chi connectivity index (χ0) is 8.85. The van der Waals surface area contributed by atoms with Crippen molar-refractivity contribution in [2.75, 3.05) is 0 Å². The average molecular weight is 159 g/mol. The van der Waals surface area contributed by atoms with Gasteiger partial charge < -0.3 is 10.5 Å². The summed E-state index contributed by atoms with van der Waals surface area (Å²) in [4.78, 5) is 10.9. The van der Waals surface area contributed by atoms with Gasteiger partial charge >= 0.3 is 5.97 Å². The second-order valence-corrected chi connectivity index (χ2v) is 2.66. The van der Waals surface area contributed by atoms with Crippen LogP contribution in [0.1, 0.15) is 33.6 Å². The maximum absolute atomic E-state index is 10.9. The summed E-state index contributed by atoms with van der Waals surface area (Å²) < 4.78 is 5.05. The molecule has 0 aliphatic heterocycles. The largest absolute Gasteiger partial charge is 0.461 e. The predicted molar refractivity (Wildman–Crippen MR) is 44.1 cm³/mol. The maximum atomic E-state index is 10.9. The van der Waals surface area contributed by atoms with Gasteiger partial charge in [-0.3, -0.25) is 4.79 Å². The van der Waals surface area contributed by atoms with E-state index in [1.807, 2.05) is 13.8 Å². The number of rotatable bonds is 4. The van der Waals surface area contributed by atoms with Crippen LogP contribution in [0.25, 0.3) is 0 Å². The van der Waals surface area contributed by atoms with Crippen LogP contribution in [0.2, 0.25) is 0 Å². The van der Waals surface area contributed by atoms with Crippen LogP contribution in [0.5, 0.6) is 0 Å². The first-order chi connectivity index (χ1) is 5.11. The molecular weight excluding hydrogens is 142 g/mol. The highest BCUT2D eigenvalue weighted by molar-refractivity contribution is 5.75. The number of ether oxygens (including phenoxy) is 1. The Hall–Kier alpha value is -0.570. The van der Waals surface area contributed by atoms with Crippen molar-refractivity contribution < 1.29 is 9.53 Å². The normalized spacial score (nSPS) is 13.2. The fraction of sp³-hybridized carbons (Fsp3) is 0.875. The fourth-order valence-corrected chi connectivity index (χ4v) is 0.727. The molecule has 0 rings (SSSR count). The van der Waals surface area contributed by atoms with Gasteiger partial charge in [0.1, 0.15) is 12.1 Å². The van der Waals surface area contributed by atoms with Crippen LogP contribution in [0.3, 0.4) is 0 Å². The van der Waals surface area contributed by atoms with Crippen molar-refractivity contribution in [1.82, 2.24) is 0 Å². The average Bonchev–Trinajstić information content (AvgIpc) is 1.99. The van der Waals surface area contributed by atoms with Crippen molar-refractivity contribution in [2.24, 2.45) is 5.73 Å². The second kappa shape index (κ2) is 5.13. The smallest absolute Gasteiger partial charge is 0.322 e. The molecule has 66 valence electrons. The fourth-order valence-electron chi connectivity index (χ4n) is 0.727.